The van der Waals surface area contributed by atoms with E-state index in [0.717, 1.165) is 12.8 Å². The van der Waals surface area contributed by atoms with Gasteiger partial charge in [0.05, 0.1) is 0 Å². The largest absolute Gasteiger partial charge is 0.372 e. The molecule has 1 rings (SSSR count). The number of hydrogen-bond acceptors (Lipinski definition) is 2. The maximum atomic E-state index is 12.2. The second-order valence-electron chi connectivity index (χ2n) is 6.89. The molecule has 0 spiro atoms. The number of hydrogen-bond donors (Lipinski definition) is 2. The van der Waals surface area contributed by atoms with E-state index in [1.54, 1.807) is 13.8 Å². The summed E-state index contributed by atoms with van der Waals surface area (Å²) in [5.74, 6) is 0.429. The minimum absolute atomic E-state index is 0.0000231. The molecule has 1 amide bonds. The van der Waals surface area contributed by atoms with Gasteiger partial charge in [0.2, 0.25) is 5.91 Å². The maximum Gasteiger partial charge on any atom is 0.225 e. The lowest BCUT2D eigenvalue weighted by Gasteiger charge is -2.30. The van der Waals surface area contributed by atoms with E-state index in [1.165, 1.54) is 12.8 Å². The van der Waals surface area contributed by atoms with Gasteiger partial charge in [0, 0.05) is 5.92 Å². The Kier molecular flexibility index (Phi) is 4.23. The molecule has 3 nitrogen and oxygen atoms in total. The van der Waals surface area contributed by atoms with E-state index in [9.17, 15) is 9.90 Å². The lowest BCUT2D eigenvalue weighted by molar-refractivity contribution is -0.133. The predicted octanol–water partition coefficient (Wildman–Crippen LogP) is 2.68. The predicted molar refractivity (Wildman–Crippen MR) is 69.3 cm³/mol. The first-order chi connectivity index (χ1) is 7.61. The van der Waals surface area contributed by atoms with Crippen LogP contribution in [0.5, 0.6) is 0 Å². The Morgan fingerprint density at radius 3 is 2.53 bits per heavy atom. The molecule has 0 aromatic rings. The second-order valence-corrected chi connectivity index (χ2v) is 6.89. The van der Waals surface area contributed by atoms with Crippen molar-refractivity contribution in [2.75, 3.05) is 0 Å². The van der Waals surface area contributed by atoms with Crippen molar-refractivity contribution in [1.82, 2.24) is 5.32 Å². The number of carbonyl (C=O) groups excluding carboxylic acids is 1. The third kappa shape index (κ3) is 4.66. The summed E-state index contributed by atoms with van der Waals surface area (Å²) in [6.45, 7) is 9.83. The Balaban J connectivity index is 2.75. The number of aliphatic hydroxyl groups is 1. The van der Waals surface area contributed by atoms with Crippen LogP contribution in [0.3, 0.4) is 0 Å². The quantitative estimate of drug-likeness (QED) is 0.577. The summed E-state index contributed by atoms with van der Waals surface area (Å²) in [5.41, 5.74) is -0.889. The highest BCUT2D eigenvalue weighted by atomic mass is 16.3. The van der Waals surface area contributed by atoms with Crippen LogP contribution >= 0.6 is 0 Å². The first kappa shape index (κ1) is 14.5. The molecular formula is C14H27NO2. The molecule has 1 aliphatic carbocycles. The Labute approximate surface area is 105 Å². The number of carbonyl (C=O) groups is 1. The molecule has 17 heavy (non-hydrogen) atoms. The highest BCUT2D eigenvalue weighted by molar-refractivity contribution is 5.79. The van der Waals surface area contributed by atoms with Gasteiger partial charge < -0.3 is 10.4 Å². The third-order valence-electron chi connectivity index (χ3n) is 3.74. The SMILES string of the molecule is CC1CCCC(C)(C)CC1C(=O)NC(C)(C)O. The van der Waals surface area contributed by atoms with E-state index in [0.29, 0.717) is 5.92 Å². The summed E-state index contributed by atoms with van der Waals surface area (Å²) in [7, 11) is 0. The molecule has 2 unspecified atom stereocenters. The van der Waals surface area contributed by atoms with Crippen LogP contribution in [0.2, 0.25) is 0 Å². The lowest BCUT2D eigenvalue weighted by Crippen LogP contribution is -2.47. The van der Waals surface area contributed by atoms with Gasteiger partial charge in [-0.05, 0) is 44.4 Å². The van der Waals surface area contributed by atoms with Gasteiger partial charge in [-0.2, -0.15) is 0 Å². The van der Waals surface area contributed by atoms with Crippen LogP contribution in [0.1, 0.15) is 60.3 Å². The molecular weight excluding hydrogens is 214 g/mol. The maximum absolute atomic E-state index is 12.2. The van der Waals surface area contributed by atoms with Crippen molar-refractivity contribution in [3.05, 3.63) is 0 Å². The molecule has 100 valence electrons. The van der Waals surface area contributed by atoms with Crippen LogP contribution in [0.15, 0.2) is 0 Å². The van der Waals surface area contributed by atoms with Gasteiger partial charge in [0.1, 0.15) is 5.72 Å². The van der Waals surface area contributed by atoms with Crippen LogP contribution in [-0.2, 0) is 4.79 Å². The van der Waals surface area contributed by atoms with Gasteiger partial charge in [0.25, 0.3) is 0 Å². The van der Waals surface area contributed by atoms with E-state index in [2.05, 4.69) is 26.1 Å². The van der Waals surface area contributed by atoms with Crippen molar-refractivity contribution in [3.8, 4) is 0 Å². The molecule has 2 N–H and O–H groups in total. The molecule has 1 fully saturated rings. The van der Waals surface area contributed by atoms with Crippen LogP contribution in [0, 0.1) is 17.3 Å². The van der Waals surface area contributed by atoms with E-state index < -0.39 is 5.72 Å². The van der Waals surface area contributed by atoms with Gasteiger partial charge in [-0.3, -0.25) is 4.79 Å². The van der Waals surface area contributed by atoms with Crippen LogP contribution in [0.25, 0.3) is 0 Å². The Hall–Kier alpha value is -0.570. The Bertz CT molecular complexity index is 278. The average molecular weight is 241 g/mol. The molecule has 0 aromatic heterocycles. The zero-order valence-corrected chi connectivity index (χ0v) is 11.8. The standard InChI is InChI=1S/C14H27NO2/c1-10-7-6-8-13(2,3)9-11(10)12(16)15-14(4,5)17/h10-11,17H,6-9H2,1-5H3,(H,15,16). The number of nitrogens with one attached hydrogen (secondary N) is 1. The molecule has 0 bridgehead atoms. The molecule has 1 aliphatic rings. The first-order valence-electron chi connectivity index (χ1n) is 6.65. The van der Waals surface area contributed by atoms with Gasteiger partial charge in [-0.15, -0.1) is 0 Å². The average Bonchev–Trinajstić information content (AvgIpc) is 2.22. The second kappa shape index (κ2) is 4.97. The van der Waals surface area contributed by atoms with Gasteiger partial charge in [-0.1, -0.05) is 27.2 Å². The smallest absolute Gasteiger partial charge is 0.225 e. The zero-order valence-electron chi connectivity index (χ0n) is 11.8. The van der Waals surface area contributed by atoms with E-state index in [4.69, 9.17) is 0 Å². The van der Waals surface area contributed by atoms with E-state index in [-0.39, 0.29) is 17.2 Å². The van der Waals surface area contributed by atoms with Crippen LogP contribution in [-0.4, -0.2) is 16.7 Å². The molecule has 0 saturated heterocycles. The highest BCUT2D eigenvalue weighted by Gasteiger charge is 2.35. The minimum atomic E-state index is -1.12. The Morgan fingerprint density at radius 1 is 1.41 bits per heavy atom. The van der Waals surface area contributed by atoms with Crippen molar-refractivity contribution in [3.63, 3.8) is 0 Å². The van der Waals surface area contributed by atoms with Crippen molar-refractivity contribution in [2.45, 2.75) is 66.0 Å². The fourth-order valence-electron chi connectivity index (χ4n) is 2.75. The summed E-state index contributed by atoms with van der Waals surface area (Å²) in [6, 6.07) is 0. The number of rotatable bonds is 2. The highest BCUT2D eigenvalue weighted by Crippen LogP contribution is 2.39. The van der Waals surface area contributed by atoms with Crippen molar-refractivity contribution in [2.24, 2.45) is 17.3 Å². The Morgan fingerprint density at radius 2 is 2.00 bits per heavy atom. The van der Waals surface area contributed by atoms with E-state index >= 15 is 0 Å². The van der Waals surface area contributed by atoms with E-state index in [1.807, 2.05) is 0 Å². The summed E-state index contributed by atoms with van der Waals surface area (Å²) in [4.78, 5) is 12.2. The molecule has 0 radical (unpaired) electrons. The van der Waals surface area contributed by atoms with Crippen LogP contribution < -0.4 is 5.32 Å². The summed E-state index contributed by atoms with van der Waals surface area (Å²) in [5, 5.41) is 12.4. The van der Waals surface area contributed by atoms with Crippen molar-refractivity contribution >= 4 is 5.91 Å². The van der Waals surface area contributed by atoms with Gasteiger partial charge >= 0.3 is 0 Å². The van der Waals surface area contributed by atoms with Crippen molar-refractivity contribution in [1.29, 1.82) is 0 Å². The topological polar surface area (TPSA) is 49.3 Å². The molecule has 0 heterocycles. The normalized spacial score (nSPS) is 29.5. The minimum Gasteiger partial charge on any atom is -0.372 e. The van der Waals surface area contributed by atoms with Crippen LogP contribution in [0.4, 0.5) is 0 Å². The lowest BCUT2D eigenvalue weighted by atomic mass is 9.78. The fourth-order valence-corrected chi connectivity index (χ4v) is 2.75. The van der Waals surface area contributed by atoms with Gasteiger partial charge in [0.15, 0.2) is 0 Å². The molecule has 0 aromatic carbocycles. The third-order valence-corrected chi connectivity index (χ3v) is 3.74. The fraction of sp³-hybridized carbons (Fsp3) is 0.929. The molecule has 0 aliphatic heterocycles. The molecule has 3 heteroatoms. The molecule has 2 atom stereocenters. The summed E-state index contributed by atoms with van der Waals surface area (Å²) in [6.07, 6.45) is 4.40. The summed E-state index contributed by atoms with van der Waals surface area (Å²) < 4.78 is 0. The van der Waals surface area contributed by atoms with Crippen molar-refractivity contribution < 1.29 is 9.90 Å². The zero-order chi connectivity index (χ0) is 13.3. The summed E-state index contributed by atoms with van der Waals surface area (Å²) >= 11 is 0. The van der Waals surface area contributed by atoms with Gasteiger partial charge in [-0.25, -0.2) is 0 Å². The monoisotopic (exact) mass is 241 g/mol. The molecule has 1 saturated carbocycles. The number of amides is 1. The first-order valence-corrected chi connectivity index (χ1v) is 6.65.